The van der Waals surface area contributed by atoms with Crippen LogP contribution in [0.25, 0.3) is 0 Å². The molecule has 1 aromatic rings. The molecular formula is C13H19NO3. The number of hydrogen-bond donors (Lipinski definition) is 2. The molecule has 1 rings (SSSR count). The highest BCUT2D eigenvalue weighted by atomic mass is 16.5. The molecule has 0 saturated heterocycles. The second-order valence-corrected chi connectivity index (χ2v) is 3.59. The number of nitrogens with one attached hydrogen (secondary N) is 1. The lowest BCUT2D eigenvalue weighted by Gasteiger charge is -2.12. The van der Waals surface area contributed by atoms with E-state index in [4.69, 9.17) is 9.47 Å². The molecule has 0 spiro atoms. The van der Waals surface area contributed by atoms with Crippen molar-refractivity contribution < 1.29 is 14.6 Å². The van der Waals surface area contributed by atoms with Crippen LogP contribution in [0.3, 0.4) is 0 Å². The third-order valence-electron chi connectivity index (χ3n) is 2.17. The molecule has 0 aliphatic rings. The van der Waals surface area contributed by atoms with Crippen LogP contribution in [-0.4, -0.2) is 38.0 Å². The summed E-state index contributed by atoms with van der Waals surface area (Å²) in [6, 6.07) is 7.25. The zero-order valence-electron chi connectivity index (χ0n) is 10.1. The molecule has 0 radical (unpaired) electrons. The second kappa shape index (κ2) is 7.70. The molecule has 1 aromatic carbocycles. The van der Waals surface area contributed by atoms with Gasteiger partial charge in [0.15, 0.2) is 0 Å². The molecule has 0 saturated carbocycles. The van der Waals surface area contributed by atoms with Crippen LogP contribution in [0.5, 0.6) is 11.5 Å². The Bertz CT molecular complexity index is 324. The molecule has 0 aliphatic heterocycles. The first-order valence-corrected chi connectivity index (χ1v) is 5.52. The van der Waals surface area contributed by atoms with Crippen molar-refractivity contribution in [2.75, 3.05) is 26.8 Å². The average Bonchev–Trinajstić information content (AvgIpc) is 2.37. The minimum absolute atomic E-state index is 0.260. The van der Waals surface area contributed by atoms with Crippen LogP contribution in [0.1, 0.15) is 0 Å². The summed E-state index contributed by atoms with van der Waals surface area (Å²) in [6.07, 6.45) is 1.22. The maximum absolute atomic E-state index is 9.59. The van der Waals surface area contributed by atoms with E-state index >= 15 is 0 Å². The smallest absolute Gasteiger partial charge is 0.119 e. The zero-order chi connectivity index (χ0) is 12.5. The van der Waals surface area contributed by atoms with Gasteiger partial charge in [-0.15, -0.1) is 6.58 Å². The Morgan fingerprint density at radius 2 is 2.00 bits per heavy atom. The van der Waals surface area contributed by atoms with Crippen LogP contribution < -0.4 is 14.8 Å². The van der Waals surface area contributed by atoms with Crippen molar-refractivity contribution in [1.29, 1.82) is 0 Å². The van der Waals surface area contributed by atoms with Crippen molar-refractivity contribution in [1.82, 2.24) is 5.32 Å². The summed E-state index contributed by atoms with van der Waals surface area (Å²) >= 11 is 0. The Morgan fingerprint density at radius 1 is 1.35 bits per heavy atom. The Kier molecular flexibility index (Phi) is 6.14. The summed E-state index contributed by atoms with van der Waals surface area (Å²) in [5.41, 5.74) is 0. The molecule has 4 heteroatoms. The van der Waals surface area contributed by atoms with E-state index in [-0.39, 0.29) is 6.61 Å². The summed E-state index contributed by atoms with van der Waals surface area (Å²) in [5, 5.41) is 12.6. The van der Waals surface area contributed by atoms with Gasteiger partial charge < -0.3 is 19.9 Å². The molecule has 1 atom stereocenters. The van der Waals surface area contributed by atoms with Crippen LogP contribution in [0.15, 0.2) is 36.9 Å². The number of hydrogen-bond acceptors (Lipinski definition) is 4. The van der Waals surface area contributed by atoms with Crippen LogP contribution in [0.2, 0.25) is 0 Å². The quantitative estimate of drug-likeness (QED) is 0.527. The van der Waals surface area contributed by atoms with Crippen LogP contribution >= 0.6 is 0 Å². The number of rotatable bonds is 8. The predicted octanol–water partition coefficient (Wildman–Crippen LogP) is 1.21. The van der Waals surface area contributed by atoms with Gasteiger partial charge in [0.1, 0.15) is 24.2 Å². The molecule has 0 amide bonds. The first kappa shape index (κ1) is 13.5. The van der Waals surface area contributed by atoms with E-state index in [1.54, 1.807) is 13.2 Å². The molecule has 4 nitrogen and oxygen atoms in total. The van der Waals surface area contributed by atoms with Gasteiger partial charge in [-0.3, -0.25) is 0 Å². The molecule has 2 N–H and O–H groups in total. The van der Waals surface area contributed by atoms with Crippen LogP contribution in [0.4, 0.5) is 0 Å². The van der Waals surface area contributed by atoms with E-state index in [0.717, 1.165) is 5.75 Å². The lowest BCUT2D eigenvalue weighted by Crippen LogP contribution is -2.31. The number of aliphatic hydroxyl groups is 1. The molecule has 1 unspecified atom stereocenters. The maximum atomic E-state index is 9.59. The van der Waals surface area contributed by atoms with Gasteiger partial charge in [0.05, 0.1) is 7.11 Å². The minimum Gasteiger partial charge on any atom is -0.497 e. The van der Waals surface area contributed by atoms with Gasteiger partial charge in [-0.1, -0.05) is 6.08 Å². The summed E-state index contributed by atoms with van der Waals surface area (Å²) in [5.74, 6) is 1.50. The third-order valence-corrected chi connectivity index (χ3v) is 2.17. The number of ether oxygens (including phenoxy) is 2. The number of benzene rings is 1. The lowest BCUT2D eigenvalue weighted by atomic mass is 10.3. The molecule has 94 valence electrons. The largest absolute Gasteiger partial charge is 0.497 e. The van der Waals surface area contributed by atoms with Gasteiger partial charge in [0.25, 0.3) is 0 Å². The van der Waals surface area contributed by atoms with Crippen LogP contribution in [0, 0.1) is 0 Å². The van der Waals surface area contributed by atoms with E-state index in [0.29, 0.717) is 18.8 Å². The van der Waals surface area contributed by atoms with E-state index < -0.39 is 6.10 Å². The fourth-order valence-electron chi connectivity index (χ4n) is 1.28. The molecule has 0 heterocycles. The first-order valence-electron chi connectivity index (χ1n) is 5.52. The van der Waals surface area contributed by atoms with Crippen molar-refractivity contribution in [2.24, 2.45) is 0 Å². The monoisotopic (exact) mass is 237 g/mol. The molecule has 17 heavy (non-hydrogen) atoms. The van der Waals surface area contributed by atoms with E-state index in [9.17, 15) is 5.11 Å². The highest BCUT2D eigenvalue weighted by Crippen LogP contribution is 2.16. The SMILES string of the molecule is C=CCNCC(O)COc1ccc(OC)cc1. The lowest BCUT2D eigenvalue weighted by molar-refractivity contribution is 0.107. The Labute approximate surface area is 102 Å². The van der Waals surface area contributed by atoms with Gasteiger partial charge in [-0.05, 0) is 24.3 Å². The zero-order valence-corrected chi connectivity index (χ0v) is 10.1. The molecule has 0 bridgehead atoms. The Morgan fingerprint density at radius 3 is 2.59 bits per heavy atom. The van der Waals surface area contributed by atoms with Crippen molar-refractivity contribution in [2.45, 2.75) is 6.10 Å². The van der Waals surface area contributed by atoms with Gasteiger partial charge in [0, 0.05) is 13.1 Å². The van der Waals surface area contributed by atoms with Gasteiger partial charge in [-0.2, -0.15) is 0 Å². The van der Waals surface area contributed by atoms with Crippen molar-refractivity contribution in [3.05, 3.63) is 36.9 Å². The average molecular weight is 237 g/mol. The molecular weight excluding hydrogens is 218 g/mol. The third kappa shape index (κ3) is 5.38. The minimum atomic E-state index is -0.531. The van der Waals surface area contributed by atoms with Crippen LogP contribution in [-0.2, 0) is 0 Å². The van der Waals surface area contributed by atoms with Gasteiger partial charge in [-0.25, -0.2) is 0 Å². The molecule has 0 aliphatic carbocycles. The second-order valence-electron chi connectivity index (χ2n) is 3.59. The summed E-state index contributed by atoms with van der Waals surface area (Å²) < 4.78 is 10.5. The van der Waals surface area contributed by atoms with E-state index in [1.807, 2.05) is 24.3 Å². The highest BCUT2D eigenvalue weighted by molar-refractivity contribution is 5.31. The van der Waals surface area contributed by atoms with Crippen molar-refractivity contribution in [3.63, 3.8) is 0 Å². The number of aliphatic hydroxyl groups excluding tert-OH is 1. The summed E-state index contributed by atoms with van der Waals surface area (Å²) in [6.45, 7) is 5.01. The summed E-state index contributed by atoms with van der Waals surface area (Å²) in [4.78, 5) is 0. The normalized spacial score (nSPS) is 11.9. The topological polar surface area (TPSA) is 50.7 Å². The Hall–Kier alpha value is -1.52. The Balaban J connectivity index is 2.26. The number of methoxy groups -OCH3 is 1. The standard InChI is InChI=1S/C13H19NO3/c1-3-8-14-9-11(15)10-17-13-6-4-12(16-2)5-7-13/h3-7,11,14-15H,1,8-10H2,2H3. The van der Waals surface area contributed by atoms with E-state index in [2.05, 4.69) is 11.9 Å². The van der Waals surface area contributed by atoms with Gasteiger partial charge >= 0.3 is 0 Å². The summed E-state index contributed by atoms with van der Waals surface area (Å²) in [7, 11) is 1.62. The fourth-order valence-corrected chi connectivity index (χ4v) is 1.28. The molecule has 0 fully saturated rings. The molecule has 0 aromatic heterocycles. The highest BCUT2D eigenvalue weighted by Gasteiger charge is 2.04. The maximum Gasteiger partial charge on any atom is 0.119 e. The van der Waals surface area contributed by atoms with Crippen molar-refractivity contribution in [3.8, 4) is 11.5 Å². The predicted molar refractivity (Wildman–Crippen MR) is 67.6 cm³/mol. The first-order chi connectivity index (χ1) is 8.26. The van der Waals surface area contributed by atoms with Gasteiger partial charge in [0.2, 0.25) is 0 Å². The van der Waals surface area contributed by atoms with E-state index in [1.165, 1.54) is 0 Å². The van der Waals surface area contributed by atoms with Crippen molar-refractivity contribution >= 4 is 0 Å². The fraction of sp³-hybridized carbons (Fsp3) is 0.385.